The maximum atomic E-state index is 6.11. The quantitative estimate of drug-likeness (QED) is 0.790. The summed E-state index contributed by atoms with van der Waals surface area (Å²) in [5.74, 6) is 2.49. The average molecular weight is 327 g/mol. The minimum atomic E-state index is 0.291. The molecule has 24 heavy (non-hydrogen) atoms. The molecule has 0 aliphatic carbocycles. The van der Waals surface area contributed by atoms with Gasteiger partial charge in [0.2, 0.25) is 0 Å². The maximum Gasteiger partial charge on any atom is 0.150 e. The van der Waals surface area contributed by atoms with Gasteiger partial charge in [0, 0.05) is 11.6 Å². The number of rotatable bonds is 6. The predicted octanol–water partition coefficient (Wildman–Crippen LogP) is 4.92. The Hall–Kier alpha value is -2.23. The lowest BCUT2D eigenvalue weighted by Gasteiger charge is -2.20. The fourth-order valence-electron chi connectivity index (χ4n) is 2.40. The van der Waals surface area contributed by atoms with Crippen molar-refractivity contribution in [3.8, 4) is 17.0 Å². The lowest BCUT2D eigenvalue weighted by Crippen LogP contribution is -2.22. The zero-order chi connectivity index (χ0) is 17.9. The van der Waals surface area contributed by atoms with E-state index in [1.54, 1.807) is 7.11 Å². The van der Waals surface area contributed by atoms with E-state index in [1.807, 2.05) is 18.2 Å². The molecular weight excluding hydrogens is 298 g/mol. The molecule has 0 saturated heterocycles. The molecular formula is C20H29N3O. The third-order valence-corrected chi connectivity index (χ3v) is 4.46. The standard InChI is InChI=1S/C20H29N3O/c1-12(2)14(5)22-20-17(21)8-9-18(23-20)16-11-15(13(3)4)7-10-19(16)24-6/h7-14H,21H2,1-6H3,(H,22,23)/t14-/m0/s1. The molecule has 0 saturated carbocycles. The topological polar surface area (TPSA) is 60.2 Å². The highest BCUT2D eigenvalue weighted by molar-refractivity contribution is 5.73. The van der Waals surface area contributed by atoms with Crippen LogP contribution < -0.4 is 15.8 Å². The Kier molecular flexibility index (Phi) is 5.71. The van der Waals surface area contributed by atoms with Crippen LogP contribution in [0.1, 0.15) is 46.1 Å². The van der Waals surface area contributed by atoms with Crippen LogP contribution in [0.4, 0.5) is 11.5 Å². The van der Waals surface area contributed by atoms with Gasteiger partial charge in [0.15, 0.2) is 0 Å². The summed E-state index contributed by atoms with van der Waals surface area (Å²) in [6.45, 7) is 10.8. The van der Waals surface area contributed by atoms with Crippen molar-refractivity contribution in [2.75, 3.05) is 18.2 Å². The molecule has 1 aromatic carbocycles. The van der Waals surface area contributed by atoms with Gasteiger partial charge in [-0.05, 0) is 48.6 Å². The molecule has 1 heterocycles. The van der Waals surface area contributed by atoms with Gasteiger partial charge in [0.25, 0.3) is 0 Å². The van der Waals surface area contributed by atoms with Gasteiger partial charge in [0.1, 0.15) is 11.6 Å². The Morgan fingerprint density at radius 2 is 1.75 bits per heavy atom. The third-order valence-electron chi connectivity index (χ3n) is 4.46. The highest BCUT2D eigenvalue weighted by Gasteiger charge is 2.14. The third kappa shape index (κ3) is 3.99. The van der Waals surface area contributed by atoms with E-state index >= 15 is 0 Å². The first-order chi connectivity index (χ1) is 11.3. The van der Waals surface area contributed by atoms with Gasteiger partial charge in [-0.15, -0.1) is 0 Å². The van der Waals surface area contributed by atoms with Crippen molar-refractivity contribution in [1.82, 2.24) is 4.98 Å². The number of anilines is 2. The summed E-state index contributed by atoms with van der Waals surface area (Å²) >= 11 is 0. The molecule has 0 spiro atoms. The number of benzene rings is 1. The van der Waals surface area contributed by atoms with Crippen LogP contribution in [-0.4, -0.2) is 18.1 Å². The molecule has 1 aromatic heterocycles. The van der Waals surface area contributed by atoms with Crippen LogP contribution in [0, 0.1) is 5.92 Å². The molecule has 0 unspecified atom stereocenters. The first-order valence-corrected chi connectivity index (χ1v) is 8.54. The second kappa shape index (κ2) is 7.56. The molecule has 4 nitrogen and oxygen atoms in total. The number of hydrogen-bond acceptors (Lipinski definition) is 4. The van der Waals surface area contributed by atoms with E-state index in [0.717, 1.165) is 22.8 Å². The van der Waals surface area contributed by atoms with Gasteiger partial charge in [-0.2, -0.15) is 0 Å². The molecule has 0 bridgehead atoms. The maximum absolute atomic E-state index is 6.11. The summed E-state index contributed by atoms with van der Waals surface area (Å²) in [4.78, 5) is 4.76. The van der Waals surface area contributed by atoms with Crippen LogP contribution in [-0.2, 0) is 0 Å². The second-order valence-electron chi connectivity index (χ2n) is 6.93. The zero-order valence-corrected chi connectivity index (χ0v) is 15.6. The summed E-state index contributed by atoms with van der Waals surface area (Å²) < 4.78 is 5.53. The minimum Gasteiger partial charge on any atom is -0.496 e. The zero-order valence-electron chi connectivity index (χ0n) is 15.6. The number of methoxy groups -OCH3 is 1. The SMILES string of the molecule is COc1ccc(C(C)C)cc1-c1ccc(N)c(N[C@@H](C)C(C)C)n1. The Bertz CT molecular complexity index is 695. The highest BCUT2D eigenvalue weighted by atomic mass is 16.5. The van der Waals surface area contributed by atoms with E-state index in [-0.39, 0.29) is 0 Å². The Balaban J connectivity index is 2.47. The number of nitrogens with zero attached hydrogens (tertiary/aromatic N) is 1. The van der Waals surface area contributed by atoms with Crippen molar-refractivity contribution in [2.45, 2.75) is 46.6 Å². The molecule has 0 amide bonds. The van der Waals surface area contributed by atoms with Crippen LogP contribution >= 0.6 is 0 Å². The number of ether oxygens (including phenoxy) is 1. The van der Waals surface area contributed by atoms with Crippen LogP contribution in [0.2, 0.25) is 0 Å². The number of aromatic nitrogens is 1. The van der Waals surface area contributed by atoms with Crippen LogP contribution in [0.3, 0.4) is 0 Å². The summed E-state index contributed by atoms with van der Waals surface area (Å²) in [7, 11) is 1.69. The van der Waals surface area contributed by atoms with E-state index in [0.29, 0.717) is 23.6 Å². The average Bonchev–Trinajstić information content (AvgIpc) is 2.56. The smallest absolute Gasteiger partial charge is 0.150 e. The molecule has 1 atom stereocenters. The summed E-state index contributed by atoms with van der Waals surface area (Å²) in [6.07, 6.45) is 0. The van der Waals surface area contributed by atoms with Crippen molar-refractivity contribution in [3.05, 3.63) is 35.9 Å². The fraction of sp³-hybridized carbons (Fsp3) is 0.450. The van der Waals surface area contributed by atoms with Crippen molar-refractivity contribution >= 4 is 11.5 Å². The number of nitrogen functional groups attached to an aromatic ring is 1. The number of hydrogen-bond donors (Lipinski definition) is 2. The van der Waals surface area contributed by atoms with Crippen molar-refractivity contribution in [3.63, 3.8) is 0 Å². The Labute approximate surface area is 145 Å². The molecule has 0 radical (unpaired) electrons. The minimum absolute atomic E-state index is 0.291. The molecule has 3 N–H and O–H groups in total. The molecule has 130 valence electrons. The van der Waals surface area contributed by atoms with E-state index < -0.39 is 0 Å². The molecule has 2 rings (SSSR count). The van der Waals surface area contributed by atoms with Gasteiger partial charge in [0.05, 0.1) is 18.5 Å². The van der Waals surface area contributed by atoms with Gasteiger partial charge < -0.3 is 15.8 Å². The summed E-state index contributed by atoms with van der Waals surface area (Å²) in [5, 5.41) is 3.42. The normalized spacial score (nSPS) is 12.5. The summed E-state index contributed by atoms with van der Waals surface area (Å²) in [6, 6.07) is 10.4. The molecule has 2 aromatic rings. The van der Waals surface area contributed by atoms with E-state index in [9.17, 15) is 0 Å². The Morgan fingerprint density at radius 1 is 1.04 bits per heavy atom. The van der Waals surface area contributed by atoms with Gasteiger partial charge in [-0.1, -0.05) is 33.8 Å². The highest BCUT2D eigenvalue weighted by Crippen LogP contribution is 2.33. The monoisotopic (exact) mass is 327 g/mol. The first kappa shape index (κ1) is 18.1. The fourth-order valence-corrected chi connectivity index (χ4v) is 2.40. The molecule has 4 heteroatoms. The van der Waals surface area contributed by atoms with Crippen molar-refractivity contribution < 1.29 is 4.74 Å². The van der Waals surface area contributed by atoms with Crippen molar-refractivity contribution in [2.24, 2.45) is 5.92 Å². The van der Waals surface area contributed by atoms with E-state index in [2.05, 4.69) is 52.1 Å². The molecule has 0 fully saturated rings. The van der Waals surface area contributed by atoms with Crippen LogP contribution in [0.25, 0.3) is 11.3 Å². The largest absolute Gasteiger partial charge is 0.496 e. The number of pyridine rings is 1. The van der Waals surface area contributed by atoms with E-state index in [1.165, 1.54) is 5.56 Å². The van der Waals surface area contributed by atoms with Crippen molar-refractivity contribution in [1.29, 1.82) is 0 Å². The van der Waals surface area contributed by atoms with Crippen LogP contribution in [0.15, 0.2) is 30.3 Å². The lowest BCUT2D eigenvalue weighted by molar-refractivity contribution is 0.416. The van der Waals surface area contributed by atoms with Gasteiger partial charge >= 0.3 is 0 Å². The predicted molar refractivity (Wildman–Crippen MR) is 103 cm³/mol. The van der Waals surface area contributed by atoms with Gasteiger partial charge in [-0.25, -0.2) is 4.98 Å². The number of nitrogens with two attached hydrogens (primary N) is 1. The molecule has 0 aliphatic rings. The van der Waals surface area contributed by atoms with E-state index in [4.69, 9.17) is 15.5 Å². The Morgan fingerprint density at radius 3 is 2.33 bits per heavy atom. The van der Waals surface area contributed by atoms with Crippen LogP contribution in [0.5, 0.6) is 5.75 Å². The summed E-state index contributed by atoms with van der Waals surface area (Å²) in [5.41, 5.74) is 9.88. The first-order valence-electron chi connectivity index (χ1n) is 8.54. The molecule has 0 aliphatic heterocycles. The second-order valence-corrected chi connectivity index (χ2v) is 6.93. The number of nitrogens with one attached hydrogen (secondary N) is 1. The van der Waals surface area contributed by atoms with Gasteiger partial charge in [-0.3, -0.25) is 0 Å². The lowest BCUT2D eigenvalue weighted by atomic mass is 9.98.